The van der Waals surface area contributed by atoms with Gasteiger partial charge in [0.2, 0.25) is 5.56 Å². The van der Waals surface area contributed by atoms with Gasteiger partial charge in [0.1, 0.15) is 5.54 Å². The number of aromatic nitrogens is 1. The Morgan fingerprint density at radius 3 is 2.78 bits per heavy atom. The van der Waals surface area contributed by atoms with Gasteiger partial charge in [0.05, 0.1) is 0 Å². The lowest BCUT2D eigenvalue weighted by atomic mass is 9.92. The van der Waals surface area contributed by atoms with Gasteiger partial charge in [-0.2, -0.15) is 0 Å². The lowest BCUT2D eigenvalue weighted by molar-refractivity contribution is -0.142. The maximum atomic E-state index is 11.5. The monoisotopic (exact) mass is 246 g/mol. The van der Waals surface area contributed by atoms with Crippen molar-refractivity contribution >= 4 is 16.9 Å². The Morgan fingerprint density at radius 2 is 2.11 bits per heavy atom. The van der Waals surface area contributed by atoms with Crippen LogP contribution in [0.5, 0.6) is 0 Å². The van der Waals surface area contributed by atoms with Crippen molar-refractivity contribution < 1.29 is 9.90 Å². The second kappa shape index (κ2) is 4.27. The number of carboxylic acid groups (broad SMARTS) is 1. The highest BCUT2D eigenvalue weighted by molar-refractivity contribution is 5.84. The second-order valence-electron chi connectivity index (χ2n) is 4.60. The molecule has 18 heavy (non-hydrogen) atoms. The summed E-state index contributed by atoms with van der Waals surface area (Å²) in [5.41, 5.74) is 5.39. The number of rotatable bonds is 3. The molecule has 1 aromatic carbocycles. The molecular formula is C13H14N2O3. The number of nitrogens with one attached hydrogen (secondary N) is 1. The molecule has 1 aromatic heterocycles. The largest absolute Gasteiger partial charge is 0.480 e. The van der Waals surface area contributed by atoms with E-state index in [2.05, 4.69) is 4.98 Å². The number of hydrogen-bond donors (Lipinski definition) is 3. The Labute approximate surface area is 103 Å². The summed E-state index contributed by atoms with van der Waals surface area (Å²) < 4.78 is 0. The summed E-state index contributed by atoms with van der Waals surface area (Å²) in [7, 11) is 0. The predicted molar refractivity (Wildman–Crippen MR) is 68.5 cm³/mol. The number of aromatic amines is 1. The molecule has 2 aromatic rings. The fourth-order valence-corrected chi connectivity index (χ4v) is 1.89. The minimum absolute atomic E-state index is 0.104. The van der Waals surface area contributed by atoms with Gasteiger partial charge in [0.15, 0.2) is 0 Å². The Bertz CT molecular complexity index is 659. The fraction of sp³-hybridized carbons (Fsp3) is 0.231. The summed E-state index contributed by atoms with van der Waals surface area (Å²) in [6.45, 7) is 1.44. The molecule has 0 saturated heterocycles. The third-order valence-electron chi connectivity index (χ3n) is 2.88. The Balaban J connectivity index is 2.57. The van der Waals surface area contributed by atoms with Crippen molar-refractivity contribution in [1.29, 1.82) is 0 Å². The van der Waals surface area contributed by atoms with Crippen molar-refractivity contribution in [2.45, 2.75) is 18.9 Å². The number of carboxylic acids is 1. The van der Waals surface area contributed by atoms with Gasteiger partial charge in [-0.3, -0.25) is 9.59 Å². The van der Waals surface area contributed by atoms with Gasteiger partial charge in [-0.1, -0.05) is 18.2 Å². The number of para-hydroxylation sites is 1. The van der Waals surface area contributed by atoms with Gasteiger partial charge in [-0.25, -0.2) is 0 Å². The van der Waals surface area contributed by atoms with Crippen molar-refractivity contribution in [2.24, 2.45) is 5.73 Å². The molecule has 5 heteroatoms. The molecule has 1 heterocycles. The Kier molecular flexibility index (Phi) is 2.92. The van der Waals surface area contributed by atoms with Crippen LogP contribution in [0.3, 0.4) is 0 Å². The van der Waals surface area contributed by atoms with E-state index in [9.17, 15) is 9.59 Å². The number of benzene rings is 1. The number of carbonyl (C=O) groups is 1. The zero-order valence-corrected chi connectivity index (χ0v) is 9.93. The van der Waals surface area contributed by atoms with Crippen molar-refractivity contribution in [3.8, 4) is 0 Å². The lowest BCUT2D eigenvalue weighted by Gasteiger charge is -2.19. The SMILES string of the molecule is C[C@](N)(Cc1cc(=O)[nH]c2ccccc12)C(=O)O. The van der Waals surface area contributed by atoms with Gasteiger partial charge in [0, 0.05) is 23.4 Å². The maximum absolute atomic E-state index is 11.5. The predicted octanol–water partition coefficient (Wildman–Crippen LogP) is 0.873. The zero-order valence-electron chi connectivity index (χ0n) is 9.93. The summed E-state index contributed by atoms with van der Waals surface area (Å²) in [4.78, 5) is 25.3. The Morgan fingerprint density at radius 1 is 1.44 bits per heavy atom. The Hall–Kier alpha value is -2.14. The normalized spacial score (nSPS) is 14.3. The van der Waals surface area contributed by atoms with Crippen LogP contribution in [-0.4, -0.2) is 21.6 Å². The van der Waals surface area contributed by atoms with Crippen molar-refractivity contribution in [1.82, 2.24) is 4.98 Å². The van der Waals surface area contributed by atoms with Crippen LogP contribution in [0.4, 0.5) is 0 Å². The van der Waals surface area contributed by atoms with Gasteiger partial charge in [-0.15, -0.1) is 0 Å². The molecule has 0 aliphatic heterocycles. The second-order valence-corrected chi connectivity index (χ2v) is 4.60. The van der Waals surface area contributed by atoms with E-state index in [0.29, 0.717) is 11.1 Å². The first-order valence-corrected chi connectivity index (χ1v) is 5.53. The summed E-state index contributed by atoms with van der Waals surface area (Å²) in [6, 6.07) is 8.64. The van der Waals surface area contributed by atoms with Crippen LogP contribution < -0.4 is 11.3 Å². The molecule has 0 aliphatic carbocycles. The summed E-state index contributed by atoms with van der Waals surface area (Å²) in [6.07, 6.45) is 0.104. The smallest absolute Gasteiger partial charge is 0.323 e. The third kappa shape index (κ3) is 2.26. The summed E-state index contributed by atoms with van der Waals surface area (Å²) in [5.74, 6) is -1.09. The molecule has 0 radical (unpaired) electrons. The summed E-state index contributed by atoms with van der Waals surface area (Å²) in [5, 5.41) is 9.85. The van der Waals surface area contributed by atoms with Gasteiger partial charge < -0.3 is 15.8 Å². The molecule has 94 valence electrons. The van der Waals surface area contributed by atoms with Crippen LogP contribution in [-0.2, 0) is 11.2 Å². The highest BCUT2D eigenvalue weighted by atomic mass is 16.4. The topological polar surface area (TPSA) is 96.2 Å². The van der Waals surface area contributed by atoms with E-state index < -0.39 is 11.5 Å². The molecule has 0 aliphatic rings. The quantitative estimate of drug-likeness (QED) is 0.748. The molecule has 1 atom stereocenters. The highest BCUT2D eigenvalue weighted by Crippen LogP contribution is 2.19. The van der Waals surface area contributed by atoms with Crippen LogP contribution in [0.15, 0.2) is 35.1 Å². The zero-order chi connectivity index (χ0) is 13.3. The average Bonchev–Trinajstić information content (AvgIpc) is 2.28. The molecule has 4 N–H and O–H groups in total. The van der Waals surface area contributed by atoms with Gasteiger partial charge >= 0.3 is 5.97 Å². The van der Waals surface area contributed by atoms with Crippen molar-refractivity contribution in [2.75, 3.05) is 0 Å². The molecule has 0 bridgehead atoms. The number of fused-ring (bicyclic) bond motifs is 1. The number of H-pyrrole nitrogens is 1. The van der Waals surface area contributed by atoms with Gasteiger partial charge in [0.25, 0.3) is 0 Å². The molecule has 0 unspecified atom stereocenters. The highest BCUT2D eigenvalue weighted by Gasteiger charge is 2.28. The average molecular weight is 246 g/mol. The molecule has 0 fully saturated rings. The van der Waals surface area contributed by atoms with E-state index in [-0.39, 0.29) is 12.0 Å². The van der Waals surface area contributed by atoms with E-state index in [1.54, 1.807) is 12.1 Å². The first kappa shape index (κ1) is 12.3. The van der Waals surface area contributed by atoms with Crippen molar-refractivity contribution in [3.63, 3.8) is 0 Å². The standard InChI is InChI=1S/C13H14N2O3/c1-13(14,12(17)18)7-8-6-11(16)15-10-5-3-2-4-9(8)10/h2-6H,7,14H2,1H3,(H,15,16)(H,17,18)/t13-/m0/s1. The van der Waals surface area contributed by atoms with Crippen LogP contribution in [0.1, 0.15) is 12.5 Å². The third-order valence-corrected chi connectivity index (χ3v) is 2.88. The summed E-state index contributed by atoms with van der Waals surface area (Å²) >= 11 is 0. The maximum Gasteiger partial charge on any atom is 0.323 e. The van der Waals surface area contributed by atoms with E-state index >= 15 is 0 Å². The fourth-order valence-electron chi connectivity index (χ4n) is 1.89. The first-order valence-electron chi connectivity index (χ1n) is 5.53. The van der Waals surface area contributed by atoms with Crippen LogP contribution in [0.2, 0.25) is 0 Å². The molecule has 2 rings (SSSR count). The lowest BCUT2D eigenvalue weighted by Crippen LogP contribution is -2.47. The van der Waals surface area contributed by atoms with E-state index in [0.717, 1.165) is 5.39 Å². The minimum atomic E-state index is -1.39. The van der Waals surface area contributed by atoms with E-state index in [1.807, 2.05) is 12.1 Å². The molecule has 0 saturated carbocycles. The molecular weight excluding hydrogens is 232 g/mol. The van der Waals surface area contributed by atoms with Crippen LogP contribution in [0, 0.1) is 0 Å². The number of hydrogen-bond acceptors (Lipinski definition) is 3. The van der Waals surface area contributed by atoms with Crippen molar-refractivity contribution in [3.05, 3.63) is 46.2 Å². The van der Waals surface area contributed by atoms with Gasteiger partial charge in [-0.05, 0) is 18.6 Å². The molecule has 0 amide bonds. The van der Waals surface area contributed by atoms with Crippen LogP contribution in [0.25, 0.3) is 10.9 Å². The van der Waals surface area contributed by atoms with E-state index in [4.69, 9.17) is 10.8 Å². The molecule has 0 spiro atoms. The number of pyridine rings is 1. The van der Waals surface area contributed by atoms with E-state index in [1.165, 1.54) is 13.0 Å². The number of aliphatic carboxylic acids is 1. The number of nitrogens with two attached hydrogens (primary N) is 1. The minimum Gasteiger partial charge on any atom is -0.480 e. The van der Waals surface area contributed by atoms with Crippen LogP contribution >= 0.6 is 0 Å². The molecule has 5 nitrogen and oxygen atoms in total. The first-order chi connectivity index (χ1) is 8.40.